The molecular formula is C15H23N5O3. The number of carbonyl (C=O) groups is 2. The second-order valence-corrected chi connectivity index (χ2v) is 6.29. The first kappa shape index (κ1) is 15.8. The van der Waals surface area contributed by atoms with E-state index in [1.807, 2.05) is 6.92 Å². The minimum Gasteiger partial charge on any atom is -0.481 e. The lowest BCUT2D eigenvalue weighted by atomic mass is 10.1. The monoisotopic (exact) mass is 321 g/mol. The molecule has 0 saturated heterocycles. The van der Waals surface area contributed by atoms with Crippen LogP contribution in [0, 0.1) is 0 Å². The minimum atomic E-state index is -0.919. The third-order valence-electron chi connectivity index (χ3n) is 4.81. The van der Waals surface area contributed by atoms with Crippen molar-refractivity contribution in [2.45, 2.75) is 57.5 Å². The Bertz CT molecular complexity index is 594. The van der Waals surface area contributed by atoms with Gasteiger partial charge < -0.3 is 19.9 Å². The van der Waals surface area contributed by atoms with Crippen LogP contribution in [0.2, 0.25) is 0 Å². The summed E-state index contributed by atoms with van der Waals surface area (Å²) in [5.74, 6) is 1.47. The van der Waals surface area contributed by atoms with E-state index in [0.717, 1.165) is 11.6 Å². The first-order chi connectivity index (χ1) is 11.1. The molecule has 0 radical (unpaired) electrons. The molecule has 8 nitrogen and oxygen atoms in total. The Kier molecular flexibility index (Phi) is 4.49. The van der Waals surface area contributed by atoms with Gasteiger partial charge in [-0.1, -0.05) is 12.8 Å². The summed E-state index contributed by atoms with van der Waals surface area (Å²) >= 11 is 0. The summed E-state index contributed by atoms with van der Waals surface area (Å²) in [5.41, 5.74) is 0. The van der Waals surface area contributed by atoms with Crippen molar-refractivity contribution < 1.29 is 14.7 Å². The van der Waals surface area contributed by atoms with Crippen molar-refractivity contribution in [1.82, 2.24) is 25.0 Å². The molecule has 0 aromatic carbocycles. The molecule has 1 aliphatic heterocycles. The Hall–Kier alpha value is -2.12. The van der Waals surface area contributed by atoms with Gasteiger partial charge in [0.15, 0.2) is 5.82 Å². The van der Waals surface area contributed by atoms with Gasteiger partial charge in [0.05, 0.1) is 12.5 Å². The van der Waals surface area contributed by atoms with Gasteiger partial charge in [0, 0.05) is 25.6 Å². The predicted molar refractivity (Wildman–Crippen MR) is 82.0 cm³/mol. The Morgan fingerprint density at radius 1 is 1.22 bits per heavy atom. The molecule has 2 N–H and O–H groups in total. The van der Waals surface area contributed by atoms with E-state index < -0.39 is 5.97 Å². The second-order valence-electron chi connectivity index (χ2n) is 6.29. The molecule has 2 amide bonds. The van der Waals surface area contributed by atoms with E-state index in [2.05, 4.69) is 20.1 Å². The molecule has 126 valence electrons. The number of carboxylic acid groups (broad SMARTS) is 1. The first-order valence-electron chi connectivity index (χ1n) is 8.27. The van der Waals surface area contributed by atoms with Crippen molar-refractivity contribution in [1.29, 1.82) is 0 Å². The number of hydrogen-bond donors (Lipinski definition) is 2. The lowest BCUT2D eigenvalue weighted by Crippen LogP contribution is -2.47. The van der Waals surface area contributed by atoms with Crippen molar-refractivity contribution in [2.75, 3.05) is 13.1 Å². The van der Waals surface area contributed by atoms with E-state index in [4.69, 9.17) is 5.11 Å². The fourth-order valence-electron chi connectivity index (χ4n) is 3.55. The number of carbonyl (C=O) groups excluding carboxylic acids is 1. The summed E-state index contributed by atoms with van der Waals surface area (Å²) in [4.78, 5) is 24.5. The van der Waals surface area contributed by atoms with Gasteiger partial charge in [0.1, 0.15) is 5.82 Å². The van der Waals surface area contributed by atoms with Crippen LogP contribution in [0.15, 0.2) is 0 Å². The predicted octanol–water partition coefficient (Wildman–Crippen LogP) is 1.50. The fourth-order valence-corrected chi connectivity index (χ4v) is 3.55. The van der Waals surface area contributed by atoms with Gasteiger partial charge >= 0.3 is 12.0 Å². The summed E-state index contributed by atoms with van der Waals surface area (Å²) in [6.07, 6.45) is 4.77. The summed E-state index contributed by atoms with van der Waals surface area (Å²) in [6.45, 7) is 3.36. The molecule has 1 aromatic heterocycles. The van der Waals surface area contributed by atoms with Crippen LogP contribution in [0.3, 0.4) is 0 Å². The van der Waals surface area contributed by atoms with E-state index in [0.29, 0.717) is 19.0 Å². The molecule has 0 bridgehead atoms. The molecule has 1 fully saturated rings. The first-order valence-corrected chi connectivity index (χ1v) is 8.27. The average Bonchev–Trinajstić information content (AvgIpc) is 3.16. The van der Waals surface area contributed by atoms with Gasteiger partial charge in [-0.2, -0.15) is 0 Å². The Morgan fingerprint density at radius 2 is 1.91 bits per heavy atom. The minimum absolute atomic E-state index is 0.0734. The Morgan fingerprint density at radius 3 is 2.61 bits per heavy atom. The number of aromatic nitrogens is 3. The van der Waals surface area contributed by atoms with Crippen LogP contribution in [-0.2, 0) is 11.3 Å². The number of fused-ring (bicyclic) bond motifs is 1. The highest BCUT2D eigenvalue weighted by molar-refractivity contribution is 5.75. The lowest BCUT2D eigenvalue weighted by molar-refractivity contribution is -0.136. The van der Waals surface area contributed by atoms with Crippen LogP contribution in [0.4, 0.5) is 4.79 Å². The molecule has 0 spiro atoms. The zero-order valence-corrected chi connectivity index (χ0v) is 13.4. The fraction of sp³-hybridized carbons (Fsp3) is 0.733. The quantitative estimate of drug-likeness (QED) is 0.875. The van der Waals surface area contributed by atoms with Crippen LogP contribution >= 0.6 is 0 Å². The van der Waals surface area contributed by atoms with E-state index in [-0.39, 0.29) is 25.0 Å². The van der Waals surface area contributed by atoms with Crippen LogP contribution in [0.1, 0.15) is 62.6 Å². The smallest absolute Gasteiger partial charge is 0.318 e. The number of aliphatic carboxylic acids is 1. The molecule has 1 unspecified atom stereocenters. The zero-order chi connectivity index (χ0) is 16.4. The molecular weight excluding hydrogens is 298 g/mol. The summed E-state index contributed by atoms with van der Waals surface area (Å²) in [5, 5.41) is 20.0. The number of hydrogen-bond acceptors (Lipinski definition) is 4. The van der Waals surface area contributed by atoms with Crippen molar-refractivity contribution >= 4 is 12.0 Å². The maximum absolute atomic E-state index is 12.2. The van der Waals surface area contributed by atoms with Gasteiger partial charge in [-0.25, -0.2) is 4.79 Å². The third-order valence-corrected chi connectivity index (χ3v) is 4.81. The van der Waals surface area contributed by atoms with Gasteiger partial charge in [0.25, 0.3) is 0 Å². The SMILES string of the molecule is CC1c2nnc(C3CCCC3)n2CCN1C(=O)NCCC(=O)O. The van der Waals surface area contributed by atoms with Crippen LogP contribution in [0.25, 0.3) is 0 Å². The van der Waals surface area contributed by atoms with Crippen molar-refractivity contribution in [3.05, 3.63) is 11.6 Å². The van der Waals surface area contributed by atoms with Crippen LogP contribution in [-0.4, -0.2) is 49.9 Å². The maximum atomic E-state index is 12.2. The van der Waals surface area contributed by atoms with Crippen LogP contribution in [0.5, 0.6) is 0 Å². The van der Waals surface area contributed by atoms with E-state index >= 15 is 0 Å². The standard InChI is InChI=1S/C15H23N5O3/c1-10-13-17-18-14(11-4-2-3-5-11)20(13)9-8-19(10)15(23)16-7-6-12(21)22/h10-11H,2-9H2,1H3,(H,16,23)(H,21,22). The summed E-state index contributed by atoms with van der Waals surface area (Å²) in [6, 6.07) is -0.397. The molecule has 1 aliphatic carbocycles. The van der Waals surface area contributed by atoms with Gasteiger partial charge in [-0.3, -0.25) is 4.79 Å². The van der Waals surface area contributed by atoms with Crippen molar-refractivity contribution in [2.24, 2.45) is 0 Å². The molecule has 8 heteroatoms. The highest BCUT2D eigenvalue weighted by atomic mass is 16.4. The molecule has 1 saturated carbocycles. The second kappa shape index (κ2) is 6.55. The molecule has 3 rings (SSSR count). The van der Waals surface area contributed by atoms with E-state index in [1.165, 1.54) is 25.7 Å². The van der Waals surface area contributed by atoms with Crippen molar-refractivity contribution in [3.63, 3.8) is 0 Å². The Balaban J connectivity index is 1.67. The number of rotatable bonds is 4. The lowest BCUT2D eigenvalue weighted by Gasteiger charge is -2.34. The molecule has 1 atom stereocenters. The Labute approximate surface area is 134 Å². The number of nitrogens with zero attached hydrogens (tertiary/aromatic N) is 4. The van der Waals surface area contributed by atoms with Gasteiger partial charge in [0.2, 0.25) is 0 Å². The highest BCUT2D eigenvalue weighted by Crippen LogP contribution is 2.35. The number of urea groups is 1. The summed E-state index contributed by atoms with van der Waals surface area (Å²) in [7, 11) is 0. The normalized spacial score (nSPS) is 21.3. The van der Waals surface area contributed by atoms with E-state index in [9.17, 15) is 9.59 Å². The van der Waals surface area contributed by atoms with Crippen molar-refractivity contribution in [3.8, 4) is 0 Å². The highest BCUT2D eigenvalue weighted by Gasteiger charge is 2.33. The molecule has 1 aromatic rings. The van der Waals surface area contributed by atoms with Gasteiger partial charge in [-0.15, -0.1) is 10.2 Å². The molecule has 2 heterocycles. The number of carboxylic acids is 1. The average molecular weight is 321 g/mol. The summed E-state index contributed by atoms with van der Waals surface area (Å²) < 4.78 is 2.17. The maximum Gasteiger partial charge on any atom is 0.318 e. The largest absolute Gasteiger partial charge is 0.481 e. The van der Waals surface area contributed by atoms with E-state index in [1.54, 1.807) is 4.90 Å². The van der Waals surface area contributed by atoms with Gasteiger partial charge in [-0.05, 0) is 19.8 Å². The molecule has 2 aliphatic rings. The number of amides is 2. The zero-order valence-electron chi connectivity index (χ0n) is 13.4. The topological polar surface area (TPSA) is 100 Å². The third kappa shape index (κ3) is 3.16. The molecule has 23 heavy (non-hydrogen) atoms. The van der Waals surface area contributed by atoms with Crippen LogP contribution < -0.4 is 5.32 Å². The number of nitrogens with one attached hydrogen (secondary N) is 1.